The van der Waals surface area contributed by atoms with Crippen LogP contribution in [0.1, 0.15) is 21.5 Å². The van der Waals surface area contributed by atoms with Gasteiger partial charge in [0.05, 0.1) is 11.3 Å². The van der Waals surface area contributed by atoms with Crippen LogP contribution in [0.25, 0.3) is 0 Å². The van der Waals surface area contributed by atoms with Crippen LogP contribution in [0.15, 0.2) is 76.1 Å². The molecule has 1 heterocycles. The lowest BCUT2D eigenvalue weighted by molar-refractivity contribution is -0.116. The minimum Gasteiger partial charge on any atom is -0.348 e. The molecule has 0 saturated heterocycles. The van der Waals surface area contributed by atoms with E-state index in [2.05, 4.69) is 26.6 Å². The smallest absolute Gasteiger partial charge is 0.253 e. The quantitative estimate of drug-likeness (QED) is 0.599. The Morgan fingerprint density at radius 1 is 1.00 bits per heavy atom. The lowest BCUT2D eigenvalue weighted by atomic mass is 10.1. The highest BCUT2D eigenvalue weighted by molar-refractivity contribution is 9.10. The number of carbonyl (C=O) groups is 2. The Morgan fingerprint density at radius 3 is 2.48 bits per heavy atom. The van der Waals surface area contributed by atoms with Crippen molar-refractivity contribution in [2.24, 2.45) is 0 Å². The molecule has 29 heavy (non-hydrogen) atoms. The van der Waals surface area contributed by atoms with Gasteiger partial charge in [-0.25, -0.2) is 0 Å². The highest BCUT2D eigenvalue weighted by Gasteiger charge is 2.13. The second kappa shape index (κ2) is 9.34. The number of amides is 2. The maximum absolute atomic E-state index is 12.6. The van der Waals surface area contributed by atoms with Crippen molar-refractivity contribution < 1.29 is 9.59 Å². The van der Waals surface area contributed by atoms with Crippen LogP contribution in [0, 0.1) is 6.92 Å². The number of para-hydroxylation sites is 1. The van der Waals surface area contributed by atoms with Gasteiger partial charge in [0, 0.05) is 23.3 Å². The summed E-state index contributed by atoms with van der Waals surface area (Å²) >= 11 is 3.28. The molecule has 0 aliphatic rings. The minimum atomic E-state index is -0.399. The average molecular weight is 454 g/mol. The van der Waals surface area contributed by atoms with E-state index >= 15 is 0 Å². The molecule has 0 saturated carbocycles. The fourth-order valence-corrected chi connectivity index (χ4v) is 3.12. The molecule has 3 rings (SSSR count). The van der Waals surface area contributed by atoms with E-state index in [1.807, 2.05) is 31.2 Å². The van der Waals surface area contributed by atoms with Gasteiger partial charge >= 0.3 is 0 Å². The Bertz CT molecular complexity index is 1090. The van der Waals surface area contributed by atoms with Gasteiger partial charge in [-0.15, -0.1) is 0 Å². The Hall–Kier alpha value is -3.19. The zero-order valence-corrected chi connectivity index (χ0v) is 17.4. The van der Waals surface area contributed by atoms with Crippen LogP contribution in [0.4, 0.5) is 5.69 Å². The first-order valence-corrected chi connectivity index (χ1v) is 9.80. The van der Waals surface area contributed by atoms with Crippen molar-refractivity contribution >= 4 is 33.4 Å². The maximum Gasteiger partial charge on any atom is 0.253 e. The van der Waals surface area contributed by atoms with Gasteiger partial charge in [-0.3, -0.25) is 14.4 Å². The van der Waals surface area contributed by atoms with Gasteiger partial charge in [-0.2, -0.15) is 0 Å². The van der Waals surface area contributed by atoms with E-state index in [1.165, 1.54) is 10.6 Å². The minimum absolute atomic E-state index is 0.155. The molecule has 6 nitrogen and oxygen atoms in total. The number of aromatic nitrogens is 1. The van der Waals surface area contributed by atoms with Gasteiger partial charge < -0.3 is 15.2 Å². The van der Waals surface area contributed by atoms with Gasteiger partial charge in [0.25, 0.3) is 11.5 Å². The molecule has 1 aromatic heterocycles. The Kier molecular flexibility index (Phi) is 6.61. The van der Waals surface area contributed by atoms with Crippen LogP contribution in [-0.2, 0) is 17.9 Å². The highest BCUT2D eigenvalue weighted by atomic mass is 79.9. The molecular formula is C22H20BrN3O3. The molecule has 2 amide bonds. The summed E-state index contributed by atoms with van der Waals surface area (Å²) in [4.78, 5) is 36.9. The van der Waals surface area contributed by atoms with Crippen LogP contribution < -0.4 is 16.2 Å². The van der Waals surface area contributed by atoms with Crippen molar-refractivity contribution in [2.45, 2.75) is 20.0 Å². The van der Waals surface area contributed by atoms with E-state index in [4.69, 9.17) is 0 Å². The first-order valence-electron chi connectivity index (χ1n) is 9.01. The molecule has 3 aromatic rings. The summed E-state index contributed by atoms with van der Waals surface area (Å²) in [6.07, 6.45) is 1.54. The number of benzene rings is 2. The predicted molar refractivity (Wildman–Crippen MR) is 116 cm³/mol. The third-order valence-electron chi connectivity index (χ3n) is 4.28. The number of aryl methyl sites for hydroxylation is 1. The molecule has 0 fully saturated rings. The van der Waals surface area contributed by atoms with Gasteiger partial charge in [0.2, 0.25) is 5.91 Å². The van der Waals surface area contributed by atoms with Crippen LogP contribution in [0.2, 0.25) is 0 Å². The van der Waals surface area contributed by atoms with Crippen LogP contribution in [-0.4, -0.2) is 16.4 Å². The zero-order valence-electron chi connectivity index (χ0n) is 15.8. The number of hydrogen-bond acceptors (Lipinski definition) is 3. The van der Waals surface area contributed by atoms with E-state index in [1.54, 1.807) is 36.5 Å². The molecular weight excluding hydrogens is 434 g/mol. The SMILES string of the molecule is Cc1ccc(CNC(=O)c2ccccc2NC(=O)Cn2cc(Br)ccc2=O)cc1. The normalized spacial score (nSPS) is 10.4. The Labute approximate surface area is 176 Å². The summed E-state index contributed by atoms with van der Waals surface area (Å²) in [7, 11) is 0. The molecule has 0 spiro atoms. The number of anilines is 1. The van der Waals surface area contributed by atoms with E-state index in [0.717, 1.165) is 11.1 Å². The summed E-state index contributed by atoms with van der Waals surface area (Å²) in [5, 5.41) is 5.58. The van der Waals surface area contributed by atoms with E-state index in [-0.39, 0.29) is 18.0 Å². The van der Waals surface area contributed by atoms with Crippen LogP contribution >= 0.6 is 15.9 Å². The number of rotatable bonds is 6. The number of halogens is 1. The molecule has 0 bridgehead atoms. The molecule has 2 aromatic carbocycles. The average Bonchev–Trinajstić information content (AvgIpc) is 2.70. The van der Waals surface area contributed by atoms with Crippen molar-refractivity contribution in [2.75, 3.05) is 5.32 Å². The zero-order chi connectivity index (χ0) is 20.8. The van der Waals surface area contributed by atoms with Gasteiger partial charge in [-0.05, 0) is 46.6 Å². The lowest BCUT2D eigenvalue weighted by Crippen LogP contribution is -2.28. The first-order chi connectivity index (χ1) is 13.9. The van der Waals surface area contributed by atoms with Crippen molar-refractivity contribution in [1.82, 2.24) is 9.88 Å². The highest BCUT2D eigenvalue weighted by Crippen LogP contribution is 2.15. The second-order valence-electron chi connectivity index (χ2n) is 6.58. The summed E-state index contributed by atoms with van der Waals surface area (Å²) in [6, 6.07) is 17.6. The number of hydrogen-bond donors (Lipinski definition) is 2. The molecule has 0 radical (unpaired) electrons. The van der Waals surface area contributed by atoms with Gasteiger partial charge in [-0.1, -0.05) is 42.0 Å². The number of nitrogens with one attached hydrogen (secondary N) is 2. The molecule has 7 heteroatoms. The standard InChI is InChI=1S/C22H20BrN3O3/c1-15-6-8-16(9-7-15)12-24-22(29)18-4-2-3-5-19(18)25-20(27)14-26-13-17(23)10-11-21(26)28/h2-11,13H,12,14H2,1H3,(H,24,29)(H,25,27). The lowest BCUT2D eigenvalue weighted by Gasteiger charge is -2.12. The van der Waals surface area contributed by atoms with E-state index in [9.17, 15) is 14.4 Å². The first kappa shape index (κ1) is 20.5. The van der Waals surface area contributed by atoms with Gasteiger partial charge in [0.15, 0.2) is 0 Å². The predicted octanol–water partition coefficient (Wildman–Crippen LogP) is 3.49. The number of carbonyl (C=O) groups excluding carboxylic acids is 2. The van der Waals surface area contributed by atoms with Crippen LogP contribution in [0.5, 0.6) is 0 Å². The Balaban J connectivity index is 1.68. The molecule has 2 N–H and O–H groups in total. The summed E-state index contributed by atoms with van der Waals surface area (Å²) in [5.41, 5.74) is 2.60. The maximum atomic E-state index is 12.6. The molecule has 148 valence electrons. The molecule has 0 aliphatic carbocycles. The number of nitrogens with zero attached hydrogens (tertiary/aromatic N) is 1. The number of pyridine rings is 1. The fraction of sp³-hybridized carbons (Fsp3) is 0.136. The topological polar surface area (TPSA) is 80.2 Å². The third kappa shape index (κ3) is 5.65. The molecule has 0 atom stereocenters. The van der Waals surface area contributed by atoms with E-state index in [0.29, 0.717) is 22.3 Å². The van der Waals surface area contributed by atoms with Crippen molar-refractivity contribution in [3.05, 3.63) is 98.4 Å². The third-order valence-corrected chi connectivity index (χ3v) is 4.75. The van der Waals surface area contributed by atoms with Gasteiger partial charge in [0.1, 0.15) is 6.54 Å². The largest absolute Gasteiger partial charge is 0.348 e. The molecule has 0 aliphatic heterocycles. The van der Waals surface area contributed by atoms with Crippen molar-refractivity contribution in [3.8, 4) is 0 Å². The fourth-order valence-electron chi connectivity index (χ4n) is 2.74. The second-order valence-corrected chi connectivity index (χ2v) is 7.49. The Morgan fingerprint density at radius 2 is 1.72 bits per heavy atom. The van der Waals surface area contributed by atoms with Crippen molar-refractivity contribution in [3.63, 3.8) is 0 Å². The molecule has 0 unspecified atom stereocenters. The van der Waals surface area contributed by atoms with Crippen molar-refractivity contribution in [1.29, 1.82) is 0 Å². The van der Waals surface area contributed by atoms with E-state index < -0.39 is 5.91 Å². The van der Waals surface area contributed by atoms with Crippen LogP contribution in [0.3, 0.4) is 0 Å². The summed E-state index contributed by atoms with van der Waals surface area (Å²) < 4.78 is 1.99. The summed E-state index contributed by atoms with van der Waals surface area (Å²) in [6.45, 7) is 2.23. The summed E-state index contributed by atoms with van der Waals surface area (Å²) in [5.74, 6) is -0.690. The monoisotopic (exact) mass is 453 g/mol.